The van der Waals surface area contributed by atoms with Gasteiger partial charge in [-0.2, -0.15) is 0 Å². The Kier molecular flexibility index (Phi) is 4.49. The van der Waals surface area contributed by atoms with E-state index in [1.807, 2.05) is 12.1 Å². The van der Waals surface area contributed by atoms with Gasteiger partial charge >= 0.3 is 0 Å². The summed E-state index contributed by atoms with van der Waals surface area (Å²) in [7, 11) is 0. The summed E-state index contributed by atoms with van der Waals surface area (Å²) in [6.45, 7) is 4.39. The van der Waals surface area contributed by atoms with Gasteiger partial charge in [0.05, 0.1) is 11.3 Å². The highest BCUT2D eigenvalue weighted by atomic mass is 35.5. The van der Waals surface area contributed by atoms with Gasteiger partial charge in [0.15, 0.2) is 0 Å². The smallest absolute Gasteiger partial charge is 0.255 e. The van der Waals surface area contributed by atoms with Crippen molar-refractivity contribution in [2.75, 3.05) is 6.54 Å². The maximum Gasteiger partial charge on any atom is 0.255 e. The minimum absolute atomic E-state index is 0.0563. The summed E-state index contributed by atoms with van der Waals surface area (Å²) in [5.74, 6) is 0.603. The molecule has 5 nitrogen and oxygen atoms in total. The second kappa shape index (κ2) is 7.17. The predicted octanol–water partition coefficient (Wildman–Crippen LogP) is 4.44. The summed E-state index contributed by atoms with van der Waals surface area (Å²) in [5, 5.41) is 1.91. The topological polar surface area (TPSA) is 64.8 Å². The Bertz CT molecular complexity index is 1260. The first-order valence-electron chi connectivity index (χ1n) is 9.74. The standard InChI is InChI=1S/C23H21ClN4O/c1-14-2-7-18-16(11-25-21(18)10-14)12-28-9-8-20-19(13-28)23(29)27-22(26-20)15-3-5-17(24)6-4-15/h2-7,10-11,25H,8-9,12-13H2,1H3,(H,26,27,29). The third kappa shape index (κ3) is 3.48. The van der Waals surface area contributed by atoms with E-state index < -0.39 is 0 Å². The molecule has 2 aromatic heterocycles. The minimum atomic E-state index is -0.0563. The number of nitrogens with one attached hydrogen (secondary N) is 2. The molecule has 4 aromatic rings. The number of aryl methyl sites for hydroxylation is 1. The van der Waals surface area contributed by atoms with Crippen LogP contribution in [0.2, 0.25) is 5.02 Å². The number of H-pyrrole nitrogens is 2. The first-order chi connectivity index (χ1) is 14.1. The van der Waals surface area contributed by atoms with Gasteiger partial charge in [-0.15, -0.1) is 0 Å². The molecule has 0 saturated heterocycles. The molecule has 0 atom stereocenters. The molecule has 3 heterocycles. The van der Waals surface area contributed by atoms with Crippen molar-refractivity contribution in [3.05, 3.63) is 86.4 Å². The van der Waals surface area contributed by atoms with Crippen LogP contribution in [-0.2, 0) is 19.5 Å². The van der Waals surface area contributed by atoms with E-state index in [0.717, 1.165) is 41.8 Å². The van der Waals surface area contributed by atoms with E-state index in [0.29, 0.717) is 17.4 Å². The molecule has 0 radical (unpaired) electrons. The van der Waals surface area contributed by atoms with E-state index >= 15 is 0 Å². The van der Waals surface area contributed by atoms with Gasteiger partial charge in [0.25, 0.3) is 5.56 Å². The molecule has 0 unspecified atom stereocenters. The fourth-order valence-electron chi connectivity index (χ4n) is 4.03. The van der Waals surface area contributed by atoms with Gasteiger partial charge in [0.1, 0.15) is 5.82 Å². The molecular formula is C23H21ClN4O. The number of aromatic amines is 2. The number of rotatable bonds is 3. The van der Waals surface area contributed by atoms with Crippen LogP contribution in [0.3, 0.4) is 0 Å². The summed E-state index contributed by atoms with van der Waals surface area (Å²) < 4.78 is 0. The molecular weight excluding hydrogens is 384 g/mol. The number of nitrogens with zero attached hydrogens (tertiary/aromatic N) is 2. The average Bonchev–Trinajstić information content (AvgIpc) is 3.10. The highest BCUT2D eigenvalue weighted by Crippen LogP contribution is 2.24. The molecule has 5 rings (SSSR count). The fraction of sp³-hybridized carbons (Fsp3) is 0.217. The number of halogens is 1. The Morgan fingerprint density at radius 1 is 1.17 bits per heavy atom. The summed E-state index contributed by atoms with van der Waals surface area (Å²) in [6.07, 6.45) is 2.84. The molecule has 1 aliphatic rings. The van der Waals surface area contributed by atoms with Crippen molar-refractivity contribution in [1.29, 1.82) is 0 Å². The van der Waals surface area contributed by atoms with Crippen molar-refractivity contribution in [2.45, 2.75) is 26.4 Å². The van der Waals surface area contributed by atoms with Crippen molar-refractivity contribution in [3.8, 4) is 11.4 Å². The molecule has 0 aliphatic carbocycles. The third-order valence-electron chi connectivity index (χ3n) is 5.58. The summed E-state index contributed by atoms with van der Waals surface area (Å²) in [6, 6.07) is 13.8. The molecule has 29 heavy (non-hydrogen) atoms. The molecule has 6 heteroatoms. The Labute approximate surface area is 173 Å². The van der Waals surface area contributed by atoms with Gasteiger partial charge in [-0.3, -0.25) is 9.69 Å². The van der Waals surface area contributed by atoms with E-state index in [4.69, 9.17) is 16.6 Å². The molecule has 2 aromatic carbocycles. The Morgan fingerprint density at radius 3 is 2.83 bits per heavy atom. The van der Waals surface area contributed by atoms with Crippen LogP contribution in [0.5, 0.6) is 0 Å². The van der Waals surface area contributed by atoms with Gasteiger partial charge < -0.3 is 9.97 Å². The Balaban J connectivity index is 1.40. The zero-order valence-corrected chi connectivity index (χ0v) is 16.9. The van der Waals surface area contributed by atoms with E-state index in [2.05, 4.69) is 46.2 Å². The van der Waals surface area contributed by atoms with Crippen molar-refractivity contribution >= 4 is 22.5 Å². The monoisotopic (exact) mass is 404 g/mol. The highest BCUT2D eigenvalue weighted by Gasteiger charge is 2.22. The van der Waals surface area contributed by atoms with Crippen molar-refractivity contribution in [3.63, 3.8) is 0 Å². The fourth-order valence-corrected chi connectivity index (χ4v) is 4.16. The molecule has 0 bridgehead atoms. The number of aromatic nitrogens is 3. The second-order valence-electron chi connectivity index (χ2n) is 7.67. The van der Waals surface area contributed by atoms with Crippen molar-refractivity contribution in [2.24, 2.45) is 0 Å². The summed E-state index contributed by atoms with van der Waals surface area (Å²) in [4.78, 5) is 26.1. The average molecular weight is 405 g/mol. The number of hydrogen-bond donors (Lipinski definition) is 2. The lowest BCUT2D eigenvalue weighted by Gasteiger charge is -2.27. The van der Waals surface area contributed by atoms with Crippen LogP contribution >= 0.6 is 11.6 Å². The van der Waals surface area contributed by atoms with E-state index in [1.165, 1.54) is 16.5 Å². The first-order valence-corrected chi connectivity index (χ1v) is 10.1. The Hall–Kier alpha value is -2.89. The largest absolute Gasteiger partial charge is 0.361 e. The number of hydrogen-bond acceptors (Lipinski definition) is 3. The molecule has 146 valence electrons. The van der Waals surface area contributed by atoms with Gasteiger partial charge in [-0.25, -0.2) is 4.98 Å². The van der Waals surface area contributed by atoms with Crippen LogP contribution in [0.25, 0.3) is 22.3 Å². The van der Waals surface area contributed by atoms with Crippen LogP contribution in [0, 0.1) is 6.92 Å². The molecule has 0 amide bonds. The molecule has 2 N–H and O–H groups in total. The van der Waals surface area contributed by atoms with Crippen molar-refractivity contribution < 1.29 is 0 Å². The van der Waals surface area contributed by atoms with Gasteiger partial charge in [-0.1, -0.05) is 23.7 Å². The zero-order chi connectivity index (χ0) is 20.0. The SMILES string of the molecule is Cc1ccc2c(CN3CCc4nc(-c5ccc(Cl)cc5)[nH]c(=O)c4C3)c[nH]c2c1. The second-order valence-corrected chi connectivity index (χ2v) is 8.11. The first kappa shape index (κ1) is 18.2. The quantitative estimate of drug-likeness (QED) is 0.530. The summed E-state index contributed by atoms with van der Waals surface area (Å²) in [5.41, 5.74) is 6.13. The normalized spacial score (nSPS) is 14.3. The van der Waals surface area contributed by atoms with Gasteiger partial charge in [0, 0.05) is 53.7 Å². The van der Waals surface area contributed by atoms with E-state index in [9.17, 15) is 4.79 Å². The number of fused-ring (bicyclic) bond motifs is 2. The molecule has 0 fully saturated rings. The highest BCUT2D eigenvalue weighted by molar-refractivity contribution is 6.30. The van der Waals surface area contributed by atoms with Crippen LogP contribution in [0.15, 0.2) is 53.5 Å². The lowest BCUT2D eigenvalue weighted by Crippen LogP contribution is -2.35. The number of benzene rings is 2. The van der Waals surface area contributed by atoms with Crippen LogP contribution < -0.4 is 5.56 Å². The van der Waals surface area contributed by atoms with E-state index in [-0.39, 0.29) is 5.56 Å². The minimum Gasteiger partial charge on any atom is -0.361 e. The van der Waals surface area contributed by atoms with Crippen molar-refractivity contribution in [1.82, 2.24) is 19.9 Å². The Morgan fingerprint density at radius 2 is 2.00 bits per heavy atom. The predicted molar refractivity (Wildman–Crippen MR) is 116 cm³/mol. The zero-order valence-electron chi connectivity index (χ0n) is 16.1. The maximum absolute atomic E-state index is 12.8. The van der Waals surface area contributed by atoms with E-state index in [1.54, 1.807) is 12.1 Å². The van der Waals surface area contributed by atoms with Gasteiger partial charge in [0.2, 0.25) is 0 Å². The van der Waals surface area contributed by atoms with Crippen LogP contribution in [0.1, 0.15) is 22.4 Å². The summed E-state index contributed by atoms with van der Waals surface area (Å²) >= 11 is 5.96. The lowest BCUT2D eigenvalue weighted by atomic mass is 10.0. The van der Waals surface area contributed by atoms with Gasteiger partial charge in [-0.05, 0) is 48.4 Å². The molecule has 0 spiro atoms. The third-order valence-corrected chi connectivity index (χ3v) is 5.83. The molecule has 0 saturated carbocycles. The molecule has 1 aliphatic heterocycles. The maximum atomic E-state index is 12.8. The van der Waals surface area contributed by atoms with Crippen LogP contribution in [-0.4, -0.2) is 26.4 Å². The lowest BCUT2D eigenvalue weighted by molar-refractivity contribution is 0.242. The van der Waals surface area contributed by atoms with Crippen LogP contribution in [0.4, 0.5) is 0 Å².